The third-order valence-electron chi connectivity index (χ3n) is 2.82. The number of hydrogen-bond acceptors (Lipinski definition) is 3. The molecule has 1 aromatic carbocycles. The maximum atomic E-state index is 11.8. The average molecular weight is 298 g/mol. The van der Waals surface area contributed by atoms with Gasteiger partial charge in [0.05, 0.1) is 6.42 Å². The average Bonchev–Trinajstić information content (AvgIpc) is 2.42. The van der Waals surface area contributed by atoms with Crippen LogP contribution in [0.4, 0.5) is 0 Å². The molecule has 1 rings (SSSR count). The van der Waals surface area contributed by atoms with Crippen LogP contribution in [-0.2, 0) is 9.59 Å². The van der Waals surface area contributed by atoms with Gasteiger partial charge >= 0.3 is 5.97 Å². The van der Waals surface area contributed by atoms with Crippen molar-refractivity contribution in [3.05, 3.63) is 34.9 Å². The van der Waals surface area contributed by atoms with E-state index in [1.54, 1.807) is 24.3 Å². The summed E-state index contributed by atoms with van der Waals surface area (Å²) in [6.45, 7) is 0.142. The largest absolute Gasteiger partial charge is 0.481 e. The second-order valence-corrected chi connectivity index (χ2v) is 4.83. The lowest BCUT2D eigenvalue weighted by Crippen LogP contribution is -2.29. The van der Waals surface area contributed by atoms with E-state index >= 15 is 0 Å². The first-order valence-corrected chi connectivity index (χ1v) is 6.52. The minimum atomic E-state index is -0.957. The Kier molecular flexibility index (Phi) is 6.18. The molecule has 6 heteroatoms. The first-order chi connectivity index (χ1) is 9.40. The molecule has 0 bridgehead atoms. The Morgan fingerprint density at radius 2 is 1.70 bits per heavy atom. The third-order valence-corrected chi connectivity index (χ3v) is 3.07. The quantitative estimate of drug-likeness (QED) is 0.783. The molecule has 0 atom stereocenters. The maximum absolute atomic E-state index is 11.8. The van der Waals surface area contributed by atoms with Gasteiger partial charge in [-0.25, -0.2) is 0 Å². The molecule has 0 heterocycles. The molecule has 108 valence electrons. The number of ketones is 1. The molecule has 0 aliphatic rings. The van der Waals surface area contributed by atoms with Crippen LogP contribution in [0.5, 0.6) is 0 Å². The summed E-state index contributed by atoms with van der Waals surface area (Å²) in [6, 6.07) is 6.47. The normalized spacial score (nSPS) is 10.1. The summed E-state index contributed by atoms with van der Waals surface area (Å²) in [7, 11) is 1.53. The predicted molar refractivity (Wildman–Crippen MR) is 74.9 cm³/mol. The molecular formula is C14H16ClNO4. The third kappa shape index (κ3) is 5.40. The van der Waals surface area contributed by atoms with Crippen molar-refractivity contribution in [3.63, 3.8) is 0 Å². The smallest absolute Gasteiger partial charge is 0.305 e. The summed E-state index contributed by atoms with van der Waals surface area (Å²) < 4.78 is 0. The summed E-state index contributed by atoms with van der Waals surface area (Å²) in [6.07, 6.45) is 0.0584. The minimum absolute atomic E-state index is 0.0670. The van der Waals surface area contributed by atoms with E-state index < -0.39 is 5.97 Å². The highest BCUT2D eigenvalue weighted by Crippen LogP contribution is 2.12. The van der Waals surface area contributed by atoms with E-state index in [9.17, 15) is 14.4 Å². The van der Waals surface area contributed by atoms with Crippen LogP contribution in [0.2, 0.25) is 5.02 Å². The Bertz CT molecular complexity index is 498. The lowest BCUT2D eigenvalue weighted by molar-refractivity contribution is -0.138. The SMILES string of the molecule is CN(CCC(=O)O)C(=O)CCC(=O)c1ccc(Cl)cc1. The Morgan fingerprint density at radius 1 is 1.10 bits per heavy atom. The monoisotopic (exact) mass is 297 g/mol. The summed E-state index contributed by atoms with van der Waals surface area (Å²) in [5.74, 6) is -1.34. The molecule has 0 radical (unpaired) electrons. The highest BCUT2D eigenvalue weighted by Gasteiger charge is 2.13. The molecule has 0 saturated carbocycles. The zero-order valence-electron chi connectivity index (χ0n) is 11.1. The van der Waals surface area contributed by atoms with Gasteiger partial charge in [-0.3, -0.25) is 14.4 Å². The van der Waals surface area contributed by atoms with E-state index in [0.29, 0.717) is 10.6 Å². The molecule has 1 N–H and O–H groups in total. The Morgan fingerprint density at radius 3 is 2.25 bits per heavy atom. The lowest BCUT2D eigenvalue weighted by Gasteiger charge is -2.15. The number of hydrogen-bond donors (Lipinski definition) is 1. The van der Waals surface area contributed by atoms with Gasteiger partial charge in [-0.2, -0.15) is 0 Å². The number of Topliss-reactive ketones (excluding diaryl/α,β-unsaturated/α-hetero) is 1. The first kappa shape index (κ1) is 16.2. The minimum Gasteiger partial charge on any atom is -0.481 e. The molecule has 5 nitrogen and oxygen atoms in total. The van der Waals surface area contributed by atoms with Crippen LogP contribution in [0, 0.1) is 0 Å². The van der Waals surface area contributed by atoms with Crippen molar-refractivity contribution >= 4 is 29.3 Å². The zero-order chi connectivity index (χ0) is 15.1. The molecule has 0 fully saturated rings. The fraction of sp³-hybridized carbons (Fsp3) is 0.357. The molecule has 0 unspecified atom stereocenters. The molecule has 1 amide bonds. The van der Waals surface area contributed by atoms with Crippen molar-refractivity contribution in [3.8, 4) is 0 Å². The number of nitrogens with zero attached hydrogens (tertiary/aromatic N) is 1. The topological polar surface area (TPSA) is 74.7 Å². The fourth-order valence-corrected chi connectivity index (χ4v) is 1.71. The van der Waals surface area contributed by atoms with Crippen molar-refractivity contribution in [2.75, 3.05) is 13.6 Å². The number of carbonyl (C=O) groups excluding carboxylic acids is 2. The van der Waals surface area contributed by atoms with Gasteiger partial charge in [0.2, 0.25) is 5.91 Å². The van der Waals surface area contributed by atoms with Gasteiger partial charge in [-0.05, 0) is 24.3 Å². The van der Waals surface area contributed by atoms with Crippen LogP contribution in [0.25, 0.3) is 0 Å². The van der Waals surface area contributed by atoms with Gasteiger partial charge in [-0.1, -0.05) is 11.6 Å². The van der Waals surface area contributed by atoms with Crippen LogP contribution in [0.3, 0.4) is 0 Å². The van der Waals surface area contributed by atoms with Crippen LogP contribution in [0.15, 0.2) is 24.3 Å². The van der Waals surface area contributed by atoms with Crippen molar-refractivity contribution in [2.24, 2.45) is 0 Å². The van der Waals surface area contributed by atoms with Gasteiger partial charge in [0.1, 0.15) is 0 Å². The van der Waals surface area contributed by atoms with E-state index in [2.05, 4.69) is 0 Å². The number of benzene rings is 1. The number of amides is 1. The molecule has 0 aromatic heterocycles. The maximum Gasteiger partial charge on any atom is 0.305 e. The second-order valence-electron chi connectivity index (χ2n) is 4.39. The van der Waals surface area contributed by atoms with E-state index in [1.807, 2.05) is 0 Å². The van der Waals surface area contributed by atoms with Crippen molar-refractivity contribution < 1.29 is 19.5 Å². The van der Waals surface area contributed by atoms with Crippen LogP contribution >= 0.6 is 11.6 Å². The van der Waals surface area contributed by atoms with Crippen LogP contribution in [-0.4, -0.2) is 41.3 Å². The van der Waals surface area contributed by atoms with Gasteiger partial charge < -0.3 is 10.0 Å². The Labute approximate surface area is 122 Å². The molecular weight excluding hydrogens is 282 g/mol. The fourth-order valence-electron chi connectivity index (χ4n) is 1.58. The van der Waals surface area contributed by atoms with E-state index in [4.69, 9.17) is 16.7 Å². The number of aliphatic carboxylic acids is 1. The van der Waals surface area contributed by atoms with Crippen LogP contribution in [0.1, 0.15) is 29.6 Å². The van der Waals surface area contributed by atoms with Gasteiger partial charge in [-0.15, -0.1) is 0 Å². The molecule has 0 spiro atoms. The number of halogens is 1. The van der Waals surface area contributed by atoms with E-state index in [0.717, 1.165) is 0 Å². The van der Waals surface area contributed by atoms with Crippen LogP contribution < -0.4 is 0 Å². The molecule has 20 heavy (non-hydrogen) atoms. The standard InChI is InChI=1S/C14H16ClNO4/c1-16(9-8-14(19)20)13(18)7-6-12(17)10-2-4-11(15)5-3-10/h2-5H,6-9H2,1H3,(H,19,20). The Balaban J connectivity index is 2.42. The van der Waals surface area contributed by atoms with Crippen molar-refractivity contribution in [1.82, 2.24) is 4.90 Å². The second kappa shape index (κ2) is 7.65. The Hall–Kier alpha value is -1.88. The molecule has 0 saturated heterocycles. The summed E-state index contributed by atoms with van der Waals surface area (Å²) >= 11 is 5.73. The molecule has 0 aliphatic heterocycles. The summed E-state index contributed by atoms with van der Waals surface area (Å²) in [5.41, 5.74) is 0.510. The van der Waals surface area contributed by atoms with Crippen molar-refractivity contribution in [2.45, 2.75) is 19.3 Å². The van der Waals surface area contributed by atoms with Gasteiger partial charge in [0, 0.05) is 37.0 Å². The first-order valence-electron chi connectivity index (χ1n) is 6.14. The van der Waals surface area contributed by atoms with Gasteiger partial charge in [0.25, 0.3) is 0 Å². The number of carbonyl (C=O) groups is 3. The predicted octanol–water partition coefficient (Wildman–Crippen LogP) is 2.24. The van der Waals surface area contributed by atoms with E-state index in [1.165, 1.54) is 11.9 Å². The molecule has 0 aliphatic carbocycles. The number of carboxylic acid groups (broad SMARTS) is 1. The zero-order valence-corrected chi connectivity index (χ0v) is 11.9. The number of carboxylic acids is 1. The van der Waals surface area contributed by atoms with Crippen molar-refractivity contribution in [1.29, 1.82) is 0 Å². The number of rotatable bonds is 7. The molecule has 1 aromatic rings. The highest BCUT2D eigenvalue weighted by atomic mass is 35.5. The summed E-state index contributed by atoms with van der Waals surface area (Å²) in [5, 5.41) is 9.08. The highest BCUT2D eigenvalue weighted by molar-refractivity contribution is 6.30. The summed E-state index contributed by atoms with van der Waals surface area (Å²) in [4.78, 5) is 35.3. The van der Waals surface area contributed by atoms with Gasteiger partial charge in [0.15, 0.2) is 5.78 Å². The lowest BCUT2D eigenvalue weighted by atomic mass is 10.1. The van der Waals surface area contributed by atoms with E-state index in [-0.39, 0.29) is 37.5 Å².